The molecule has 8 amide bonds. The fraction of sp³-hybridized carbons (Fsp3) is 0.461. The molecule has 1 aromatic heterocycles. The second-order valence-electron chi connectivity index (χ2n) is 27.6. The van der Waals surface area contributed by atoms with Crippen LogP contribution in [0.2, 0.25) is 0 Å². The molecule has 31 heteroatoms. The predicted octanol–water partition coefficient (Wildman–Crippen LogP) is 5.02. The van der Waals surface area contributed by atoms with Gasteiger partial charge in [-0.1, -0.05) is 105 Å². The number of nitrogens with two attached hydrogens (primary N) is 2. The molecule has 0 radical (unpaired) electrons. The highest BCUT2D eigenvalue weighted by Gasteiger charge is 2.45. The van der Waals surface area contributed by atoms with Crippen LogP contribution in [0, 0.1) is 0 Å². The minimum Gasteiger partial charge on any atom is -0.469 e. The first-order valence-electron chi connectivity index (χ1n) is 36.0. The molecular weight excluding hydrogens is 1420 g/mol. The minimum absolute atomic E-state index is 0.0134. The number of guanidine groups is 1. The van der Waals surface area contributed by atoms with Crippen molar-refractivity contribution in [3.05, 3.63) is 161 Å². The Labute approximate surface area is 624 Å². The second kappa shape index (κ2) is 40.0. The summed E-state index contributed by atoms with van der Waals surface area (Å²) in [5.74, 6) is -4.83. The van der Waals surface area contributed by atoms with E-state index in [1.165, 1.54) is 30.5 Å². The lowest BCUT2D eigenvalue weighted by molar-refractivity contribution is -0.433. The van der Waals surface area contributed by atoms with Gasteiger partial charge in [-0.05, 0) is 138 Å². The predicted molar refractivity (Wildman–Crippen MR) is 401 cm³/mol. The van der Waals surface area contributed by atoms with Crippen LogP contribution in [-0.4, -0.2) is 165 Å². The summed E-state index contributed by atoms with van der Waals surface area (Å²) in [6, 6.07) is 15.0. The van der Waals surface area contributed by atoms with Gasteiger partial charge in [-0.2, -0.15) is 21.4 Å². The number of benzene rings is 3. The summed E-state index contributed by atoms with van der Waals surface area (Å²) in [5, 5.41) is 21.7. The van der Waals surface area contributed by atoms with Crippen LogP contribution in [0.3, 0.4) is 0 Å². The monoisotopic (exact) mass is 1520 g/mol. The highest BCUT2D eigenvalue weighted by molar-refractivity contribution is 7.86. The molecule has 0 spiro atoms. The quantitative estimate of drug-likeness (QED) is 0.00536. The topological polar surface area (TPSA) is 448 Å². The molecule has 14 N–H and O–H groups in total. The van der Waals surface area contributed by atoms with E-state index in [1.807, 2.05) is 77.2 Å². The number of ether oxygens (including phenoxy) is 1. The van der Waals surface area contributed by atoms with E-state index in [4.69, 9.17) is 20.6 Å². The molecule has 0 saturated carbocycles. The summed E-state index contributed by atoms with van der Waals surface area (Å²) in [7, 11) is -8.93. The van der Waals surface area contributed by atoms with Crippen molar-refractivity contribution in [2.24, 2.45) is 16.5 Å². The van der Waals surface area contributed by atoms with Crippen molar-refractivity contribution in [1.29, 1.82) is 0 Å². The van der Waals surface area contributed by atoms with Crippen molar-refractivity contribution < 1.29 is 82.8 Å². The van der Waals surface area contributed by atoms with Gasteiger partial charge in [0.1, 0.15) is 49.1 Å². The van der Waals surface area contributed by atoms with Gasteiger partial charge in [-0.3, -0.25) is 57.2 Å². The first-order chi connectivity index (χ1) is 50.9. The van der Waals surface area contributed by atoms with Crippen LogP contribution in [0.25, 0.3) is 0 Å². The molecule has 1 unspecified atom stereocenters. The lowest BCUT2D eigenvalue weighted by Crippen LogP contribution is -2.58. The molecule has 1 saturated heterocycles. The normalized spacial score (nSPS) is 19.7. The van der Waals surface area contributed by atoms with Crippen molar-refractivity contribution in [1.82, 2.24) is 42.5 Å². The van der Waals surface area contributed by atoms with E-state index in [1.54, 1.807) is 54.6 Å². The number of nitrogens with zero attached hydrogens (tertiary/aromatic N) is 2. The van der Waals surface area contributed by atoms with E-state index in [0.717, 1.165) is 33.7 Å². The first-order valence-corrected chi connectivity index (χ1v) is 38.9. The lowest BCUT2D eigenvalue weighted by atomic mass is 9.80. The van der Waals surface area contributed by atoms with Crippen LogP contribution in [0.15, 0.2) is 152 Å². The third-order valence-electron chi connectivity index (χ3n) is 19.1. The molecular formula is C76H101N12O17S2+. The van der Waals surface area contributed by atoms with E-state index in [0.29, 0.717) is 69.4 Å². The molecule has 4 aromatic rings. The van der Waals surface area contributed by atoms with Crippen LogP contribution < -0.4 is 54.0 Å². The molecule has 0 bridgehead atoms. The van der Waals surface area contributed by atoms with Gasteiger partial charge in [-0.25, -0.2) is 0 Å². The highest BCUT2D eigenvalue weighted by Crippen LogP contribution is 2.52. The van der Waals surface area contributed by atoms with Gasteiger partial charge >= 0.3 is 0 Å². The van der Waals surface area contributed by atoms with E-state index in [2.05, 4.69) is 52.1 Å². The number of amides is 8. The van der Waals surface area contributed by atoms with Gasteiger partial charge in [0, 0.05) is 74.4 Å². The summed E-state index contributed by atoms with van der Waals surface area (Å²) in [4.78, 5) is 125. The molecule has 3 heterocycles. The summed E-state index contributed by atoms with van der Waals surface area (Å²) in [6.07, 6.45) is 19.7. The number of rotatable bonds is 37. The molecule has 3 aliphatic rings. The van der Waals surface area contributed by atoms with E-state index in [9.17, 15) is 69.1 Å². The van der Waals surface area contributed by atoms with Crippen molar-refractivity contribution in [3.8, 4) is 0 Å². The summed E-state index contributed by atoms with van der Waals surface area (Å²) in [5.41, 5.74) is 15.7. The van der Waals surface area contributed by atoms with Crippen LogP contribution >= 0.6 is 0 Å². The van der Waals surface area contributed by atoms with Crippen molar-refractivity contribution >= 4 is 91.3 Å². The minimum atomic E-state index is -4.52. The number of carbonyl (C=O) groups excluding carboxylic acids is 9. The Balaban J connectivity index is 1.01. The Morgan fingerprint density at radius 2 is 1.32 bits per heavy atom. The van der Waals surface area contributed by atoms with E-state index >= 15 is 0 Å². The standard InChI is InChI=1S/C76H100N12O17S2/c1-6-88-64-38-36-53(107(101,102)103)46-58(64)76(4,5)65(88)32-16-9-7-8-15-28-56-54(55-37-35-52(106(98,99)100)45-57(55)75(56,2)3)27-14-11-17-33-67(91)83-59(29-18-20-40-79-66(90)39-34-51-26-23-43-105-51)69(93)80-41-21-19-30-61-71(95)85-60(31-22-42-81-74(77)78)70(94)82-47-68(92)84-63(48-104-49-89)73(97)87-62(72(96)86-61)44-50-24-12-10-13-25-50/h7-10,12-13,15-16,23-26,28,32,35-38,43,45-46,49,54,59-63H,6,11,14,17-22,27,29-31,33-34,39-42,44,47-48H2,1-5H3,(H13-,77,78,79,80,81,82,83,84,85,86,87,90,91,92,93,94,95,96,97,98,99,100,101,102,103)/p+1/b9-7+,15-8+,32-16+,56-28+/t54?,59-,60-,61-,62-,63-/m0/s1. The number of unbranched alkanes of at least 4 members (excludes halogenated alkanes) is 4. The van der Waals surface area contributed by atoms with Gasteiger partial charge < -0.3 is 63.2 Å². The molecule has 578 valence electrons. The molecule has 107 heavy (non-hydrogen) atoms. The number of furan rings is 1. The largest absolute Gasteiger partial charge is 0.469 e. The maximum atomic E-state index is 14.4. The van der Waals surface area contributed by atoms with Crippen molar-refractivity contribution in [2.45, 2.75) is 194 Å². The van der Waals surface area contributed by atoms with Crippen LogP contribution in [0.4, 0.5) is 5.69 Å². The summed E-state index contributed by atoms with van der Waals surface area (Å²) in [6.45, 7) is 9.87. The second-order valence-corrected chi connectivity index (χ2v) is 30.4. The van der Waals surface area contributed by atoms with Crippen LogP contribution in [0.5, 0.6) is 0 Å². The van der Waals surface area contributed by atoms with Gasteiger partial charge in [0.25, 0.3) is 26.7 Å². The molecule has 6 atom stereocenters. The molecule has 3 aromatic carbocycles. The smallest absolute Gasteiger partial charge is 0.294 e. The lowest BCUT2D eigenvalue weighted by Gasteiger charge is -2.26. The Morgan fingerprint density at radius 3 is 2.01 bits per heavy atom. The Hall–Kier alpha value is -10.1. The average molecular weight is 1520 g/mol. The maximum Gasteiger partial charge on any atom is 0.294 e. The highest BCUT2D eigenvalue weighted by atomic mass is 32.2. The summed E-state index contributed by atoms with van der Waals surface area (Å²) >= 11 is 0. The molecule has 2 aliphatic heterocycles. The van der Waals surface area contributed by atoms with Gasteiger partial charge in [0.2, 0.25) is 52.9 Å². The van der Waals surface area contributed by atoms with Crippen LogP contribution in [-0.2, 0) is 91.8 Å². The molecule has 7 rings (SSSR count). The molecule has 29 nitrogen and oxygen atoms in total. The number of aliphatic imine (C=N–C) groups is 1. The Kier molecular flexibility index (Phi) is 31.5. The fourth-order valence-corrected chi connectivity index (χ4v) is 14.5. The average Bonchev–Trinajstić information content (AvgIpc) is 1.60. The van der Waals surface area contributed by atoms with E-state index in [-0.39, 0.29) is 111 Å². The van der Waals surface area contributed by atoms with Gasteiger partial charge in [0.05, 0.1) is 28.0 Å². The number of hydrogen-bond acceptors (Lipinski definition) is 16. The Bertz CT molecular complexity index is 4240. The number of aryl methyl sites for hydroxylation is 1. The van der Waals surface area contributed by atoms with Crippen molar-refractivity contribution in [2.75, 3.05) is 39.3 Å². The zero-order valence-corrected chi connectivity index (χ0v) is 62.7. The van der Waals surface area contributed by atoms with E-state index < -0.39 is 110 Å². The first kappa shape index (κ1) is 84.2. The zero-order chi connectivity index (χ0) is 77.9. The van der Waals surface area contributed by atoms with Crippen molar-refractivity contribution in [3.63, 3.8) is 0 Å². The number of nitrogens with one attached hydrogen (secondary N) is 8. The molecule has 1 aliphatic carbocycles. The SMILES string of the molecule is CC[N+]1=C(/C=C/C=C/C=C/C=C2\C(CCCCCC(=O)N[C@@H](CCCCNC(=O)CCc3ccco3)C(=O)NCCCC[C@@H]3NC(=O)[C@H](Cc4ccccc4)NC(=O)[C@H](COC=O)NC(=O)CNC(=O)[C@H](CCCN=C(N)N)NC3=O)c3ccc(S(=O)(=O)O)cc3C2(C)C)C(C)(C)c2cc(S(=O)(=O)O)ccc21. The number of allylic oxidation sites excluding steroid dienone is 8. The fourth-order valence-electron chi connectivity index (χ4n) is 13.5. The molecule has 1 fully saturated rings. The summed E-state index contributed by atoms with van der Waals surface area (Å²) < 4.78 is 81.0. The third kappa shape index (κ3) is 25.0. The maximum absolute atomic E-state index is 14.4. The zero-order valence-electron chi connectivity index (χ0n) is 61.1. The van der Waals surface area contributed by atoms with Gasteiger partial charge in [-0.15, -0.1) is 0 Å². The number of hydrogen-bond donors (Lipinski definition) is 12. The third-order valence-corrected chi connectivity index (χ3v) is 20.8. The number of fused-ring (bicyclic) bond motifs is 2. The number of carbonyl (C=O) groups is 9. The van der Waals surface area contributed by atoms with Crippen LogP contribution in [0.1, 0.15) is 158 Å². The Morgan fingerprint density at radius 1 is 0.682 bits per heavy atom. The van der Waals surface area contributed by atoms with Gasteiger partial charge in [0.15, 0.2) is 11.7 Å².